The molecule has 3 aromatic rings. The number of ether oxygens (including phenoxy) is 1. The Morgan fingerprint density at radius 2 is 1.65 bits per heavy atom. The van der Waals surface area contributed by atoms with Gasteiger partial charge in [-0.25, -0.2) is 9.97 Å². The second-order valence-corrected chi connectivity index (χ2v) is 7.42. The molecule has 31 heavy (non-hydrogen) atoms. The van der Waals surface area contributed by atoms with Gasteiger partial charge in [0.05, 0.1) is 0 Å². The molecule has 0 aliphatic carbocycles. The number of amides is 1. The van der Waals surface area contributed by atoms with Crippen LogP contribution in [0.5, 0.6) is 5.88 Å². The van der Waals surface area contributed by atoms with Crippen molar-refractivity contribution in [3.05, 3.63) is 96.0 Å². The Balaban J connectivity index is 1.27. The van der Waals surface area contributed by atoms with Crippen molar-refractivity contribution < 1.29 is 9.53 Å². The predicted molar refractivity (Wildman–Crippen MR) is 121 cm³/mol. The quantitative estimate of drug-likeness (QED) is 0.592. The van der Waals surface area contributed by atoms with Crippen LogP contribution in [0.25, 0.3) is 6.08 Å². The van der Waals surface area contributed by atoms with E-state index in [-0.39, 0.29) is 5.91 Å². The van der Waals surface area contributed by atoms with Gasteiger partial charge in [-0.2, -0.15) is 0 Å². The Kier molecular flexibility index (Phi) is 7.03. The number of carbonyl (C=O) groups excluding carboxylic acids is 1. The first-order valence-corrected chi connectivity index (χ1v) is 10.5. The number of nitrogens with zero attached hydrogens (tertiary/aromatic N) is 4. The van der Waals surface area contributed by atoms with Crippen molar-refractivity contribution >= 4 is 12.0 Å². The molecular formula is C25H26N4O2. The van der Waals surface area contributed by atoms with Crippen LogP contribution in [0.3, 0.4) is 0 Å². The fraction of sp³-hybridized carbons (Fsp3) is 0.240. The van der Waals surface area contributed by atoms with Gasteiger partial charge in [-0.1, -0.05) is 72.8 Å². The molecule has 0 bridgehead atoms. The third-order valence-electron chi connectivity index (χ3n) is 5.22. The maximum Gasteiger partial charge on any atom is 0.272 e. The molecule has 0 radical (unpaired) electrons. The minimum absolute atomic E-state index is 0.0774. The van der Waals surface area contributed by atoms with Crippen LogP contribution < -0.4 is 4.74 Å². The van der Waals surface area contributed by atoms with Crippen molar-refractivity contribution in [2.75, 3.05) is 32.7 Å². The van der Waals surface area contributed by atoms with Crippen LogP contribution >= 0.6 is 0 Å². The van der Waals surface area contributed by atoms with Crippen LogP contribution in [0.2, 0.25) is 0 Å². The number of piperazine rings is 1. The minimum Gasteiger partial charge on any atom is -0.473 e. The minimum atomic E-state index is -0.0774. The Bertz CT molecular complexity index is 1000. The molecule has 1 aliphatic rings. The molecule has 158 valence electrons. The molecule has 6 heteroatoms. The molecule has 2 aromatic carbocycles. The van der Waals surface area contributed by atoms with Crippen molar-refractivity contribution in [3.8, 4) is 5.88 Å². The molecule has 4 rings (SSSR count). The Hall–Kier alpha value is -3.51. The van der Waals surface area contributed by atoms with Gasteiger partial charge in [0, 0.05) is 38.8 Å². The first-order chi connectivity index (χ1) is 15.3. The van der Waals surface area contributed by atoms with E-state index in [1.165, 1.54) is 11.9 Å². The maximum absolute atomic E-state index is 12.9. The van der Waals surface area contributed by atoms with Crippen LogP contribution in [0.1, 0.15) is 21.6 Å². The summed E-state index contributed by atoms with van der Waals surface area (Å²) >= 11 is 0. The molecule has 0 unspecified atom stereocenters. The second-order valence-electron chi connectivity index (χ2n) is 7.42. The number of benzene rings is 2. The van der Waals surface area contributed by atoms with E-state index < -0.39 is 0 Å². The summed E-state index contributed by atoms with van der Waals surface area (Å²) in [5, 5.41) is 0. The summed E-state index contributed by atoms with van der Waals surface area (Å²) in [7, 11) is 0. The lowest BCUT2D eigenvalue weighted by molar-refractivity contribution is 0.0643. The number of carbonyl (C=O) groups is 1. The summed E-state index contributed by atoms with van der Waals surface area (Å²) in [6.45, 7) is 4.33. The highest BCUT2D eigenvalue weighted by atomic mass is 16.5. The zero-order valence-electron chi connectivity index (χ0n) is 17.4. The van der Waals surface area contributed by atoms with Crippen LogP contribution in [0.4, 0.5) is 0 Å². The van der Waals surface area contributed by atoms with Gasteiger partial charge in [0.25, 0.3) is 5.91 Å². The van der Waals surface area contributed by atoms with E-state index in [0.29, 0.717) is 31.3 Å². The van der Waals surface area contributed by atoms with E-state index in [4.69, 9.17) is 4.74 Å². The number of aromatic nitrogens is 2. The van der Waals surface area contributed by atoms with E-state index in [1.807, 2.05) is 53.4 Å². The summed E-state index contributed by atoms with van der Waals surface area (Å²) < 4.78 is 5.73. The van der Waals surface area contributed by atoms with E-state index in [0.717, 1.165) is 25.2 Å². The lowest BCUT2D eigenvalue weighted by Crippen LogP contribution is -2.48. The van der Waals surface area contributed by atoms with Crippen molar-refractivity contribution in [3.63, 3.8) is 0 Å². The van der Waals surface area contributed by atoms with Gasteiger partial charge in [-0.3, -0.25) is 9.69 Å². The number of rotatable bonds is 7. The second kappa shape index (κ2) is 10.5. The molecule has 6 nitrogen and oxygen atoms in total. The number of hydrogen-bond acceptors (Lipinski definition) is 5. The van der Waals surface area contributed by atoms with Crippen molar-refractivity contribution in [2.45, 2.75) is 6.61 Å². The highest BCUT2D eigenvalue weighted by Crippen LogP contribution is 2.13. The topological polar surface area (TPSA) is 58.6 Å². The summed E-state index contributed by atoms with van der Waals surface area (Å²) in [5.41, 5.74) is 2.62. The highest BCUT2D eigenvalue weighted by molar-refractivity contribution is 5.92. The Labute approximate surface area is 182 Å². The number of hydrogen-bond donors (Lipinski definition) is 0. The largest absolute Gasteiger partial charge is 0.473 e. The molecule has 0 saturated carbocycles. The van der Waals surface area contributed by atoms with Gasteiger partial charge in [0.15, 0.2) is 0 Å². The molecule has 1 aliphatic heterocycles. The standard InChI is InChI=1S/C25H26N4O2/c30-25(23-18-24(27-20-26-23)31-19-22-10-5-2-6-11-22)29-16-14-28(15-17-29)13-7-12-21-8-3-1-4-9-21/h1-12,18,20H,13-17,19H2/b12-7+. The zero-order valence-corrected chi connectivity index (χ0v) is 17.4. The lowest BCUT2D eigenvalue weighted by Gasteiger charge is -2.34. The third-order valence-corrected chi connectivity index (χ3v) is 5.22. The van der Waals surface area contributed by atoms with Crippen LogP contribution in [0, 0.1) is 0 Å². The van der Waals surface area contributed by atoms with Gasteiger partial charge < -0.3 is 9.64 Å². The van der Waals surface area contributed by atoms with Gasteiger partial charge in [0.1, 0.15) is 18.6 Å². The van der Waals surface area contributed by atoms with Gasteiger partial charge in [0.2, 0.25) is 5.88 Å². The molecule has 0 N–H and O–H groups in total. The normalized spacial score (nSPS) is 14.6. The fourth-order valence-electron chi connectivity index (χ4n) is 3.46. The summed E-state index contributed by atoms with van der Waals surface area (Å²) in [6.07, 6.45) is 5.70. The summed E-state index contributed by atoms with van der Waals surface area (Å²) in [5.74, 6) is 0.332. The summed E-state index contributed by atoms with van der Waals surface area (Å²) in [6, 6.07) is 21.8. The average molecular weight is 415 g/mol. The molecule has 1 fully saturated rings. The lowest BCUT2D eigenvalue weighted by atomic mass is 10.2. The van der Waals surface area contributed by atoms with Crippen LogP contribution in [0.15, 0.2) is 79.1 Å². The fourth-order valence-corrected chi connectivity index (χ4v) is 3.46. The SMILES string of the molecule is O=C(c1cc(OCc2ccccc2)ncn1)N1CCN(C/C=C/c2ccccc2)CC1. The van der Waals surface area contributed by atoms with Crippen molar-refractivity contribution in [1.29, 1.82) is 0 Å². The first kappa shape index (κ1) is 20.8. The first-order valence-electron chi connectivity index (χ1n) is 10.5. The van der Waals surface area contributed by atoms with Crippen LogP contribution in [-0.4, -0.2) is 58.4 Å². The molecule has 0 atom stereocenters. The van der Waals surface area contributed by atoms with Crippen molar-refractivity contribution in [1.82, 2.24) is 19.8 Å². The molecule has 0 spiro atoms. The van der Waals surface area contributed by atoms with Crippen LogP contribution in [-0.2, 0) is 6.61 Å². The monoisotopic (exact) mass is 414 g/mol. The molecule has 1 aromatic heterocycles. The van der Waals surface area contributed by atoms with Crippen molar-refractivity contribution in [2.24, 2.45) is 0 Å². The Morgan fingerprint density at radius 1 is 0.935 bits per heavy atom. The summed E-state index contributed by atoms with van der Waals surface area (Å²) in [4.78, 5) is 25.4. The molecule has 1 amide bonds. The van der Waals surface area contributed by atoms with E-state index >= 15 is 0 Å². The Morgan fingerprint density at radius 3 is 2.39 bits per heavy atom. The molecule has 2 heterocycles. The smallest absolute Gasteiger partial charge is 0.272 e. The van der Waals surface area contributed by atoms with E-state index in [2.05, 4.69) is 39.2 Å². The predicted octanol–water partition coefficient (Wildman–Crippen LogP) is 3.53. The van der Waals surface area contributed by atoms with E-state index in [1.54, 1.807) is 6.07 Å². The zero-order chi connectivity index (χ0) is 21.3. The van der Waals surface area contributed by atoms with E-state index in [9.17, 15) is 4.79 Å². The average Bonchev–Trinajstić information content (AvgIpc) is 2.84. The van der Waals surface area contributed by atoms with Gasteiger partial charge >= 0.3 is 0 Å². The maximum atomic E-state index is 12.9. The van der Waals surface area contributed by atoms with Gasteiger partial charge in [-0.05, 0) is 11.1 Å². The third kappa shape index (κ3) is 5.99. The van der Waals surface area contributed by atoms with Gasteiger partial charge in [-0.15, -0.1) is 0 Å². The highest BCUT2D eigenvalue weighted by Gasteiger charge is 2.23. The molecular weight excluding hydrogens is 388 g/mol. The molecule has 1 saturated heterocycles.